The predicted molar refractivity (Wildman–Crippen MR) is 70.7 cm³/mol. The Labute approximate surface area is 112 Å². The number of nitrogens with one attached hydrogen (secondary N) is 1. The van der Waals surface area contributed by atoms with E-state index in [9.17, 15) is 9.18 Å². The summed E-state index contributed by atoms with van der Waals surface area (Å²) in [6.45, 7) is 4.35. The Morgan fingerprint density at radius 1 is 1.53 bits per heavy atom. The molecule has 104 valence electrons. The first-order valence-corrected chi connectivity index (χ1v) is 6.62. The van der Waals surface area contributed by atoms with Gasteiger partial charge in [-0.15, -0.1) is 0 Å². The van der Waals surface area contributed by atoms with Crippen molar-refractivity contribution in [2.75, 3.05) is 19.6 Å². The average molecular weight is 266 g/mol. The summed E-state index contributed by atoms with van der Waals surface area (Å²) in [6, 6.07) is 4.20. The summed E-state index contributed by atoms with van der Waals surface area (Å²) in [4.78, 5) is 14.1. The number of amides is 1. The lowest BCUT2D eigenvalue weighted by molar-refractivity contribution is 0.0944. The van der Waals surface area contributed by atoms with Gasteiger partial charge in [0.15, 0.2) is 0 Å². The first kappa shape index (κ1) is 13.8. The minimum absolute atomic E-state index is 0.0349. The summed E-state index contributed by atoms with van der Waals surface area (Å²) in [7, 11) is 0. The van der Waals surface area contributed by atoms with Crippen LogP contribution in [0.3, 0.4) is 0 Å². The Hall–Kier alpha value is -1.62. The second-order valence-corrected chi connectivity index (χ2v) is 4.78. The van der Waals surface area contributed by atoms with Crippen molar-refractivity contribution in [1.29, 1.82) is 0 Å². The molecule has 0 radical (unpaired) electrons. The van der Waals surface area contributed by atoms with Crippen LogP contribution in [-0.2, 0) is 0 Å². The number of halogens is 1. The summed E-state index contributed by atoms with van der Waals surface area (Å²) in [5, 5.41) is 11.8. The minimum atomic E-state index is -0.702. The largest absolute Gasteiger partial charge is 0.508 e. The van der Waals surface area contributed by atoms with Crippen LogP contribution in [0.1, 0.15) is 30.1 Å². The summed E-state index contributed by atoms with van der Waals surface area (Å²) < 4.78 is 13.5. The SMILES string of the molecule is CCN(CCNC(=O)c1ccc(O)cc1F)C1CC1. The monoisotopic (exact) mass is 266 g/mol. The van der Waals surface area contributed by atoms with Crippen molar-refractivity contribution in [1.82, 2.24) is 10.2 Å². The van der Waals surface area contributed by atoms with Gasteiger partial charge < -0.3 is 10.4 Å². The van der Waals surface area contributed by atoms with E-state index in [-0.39, 0.29) is 11.3 Å². The van der Waals surface area contributed by atoms with E-state index in [1.54, 1.807) is 0 Å². The zero-order valence-electron chi connectivity index (χ0n) is 11.0. The Morgan fingerprint density at radius 3 is 2.84 bits per heavy atom. The minimum Gasteiger partial charge on any atom is -0.508 e. The van der Waals surface area contributed by atoms with Crippen LogP contribution < -0.4 is 5.32 Å². The zero-order valence-corrected chi connectivity index (χ0v) is 11.0. The number of rotatable bonds is 6. The van der Waals surface area contributed by atoms with Gasteiger partial charge in [-0.2, -0.15) is 0 Å². The van der Waals surface area contributed by atoms with Crippen LogP contribution in [-0.4, -0.2) is 41.6 Å². The third-order valence-corrected chi connectivity index (χ3v) is 3.35. The third kappa shape index (κ3) is 3.67. The van der Waals surface area contributed by atoms with E-state index in [1.807, 2.05) is 0 Å². The van der Waals surface area contributed by atoms with Crippen molar-refractivity contribution in [2.45, 2.75) is 25.8 Å². The molecule has 0 spiro atoms. The van der Waals surface area contributed by atoms with E-state index in [1.165, 1.54) is 25.0 Å². The second kappa shape index (κ2) is 6.02. The fourth-order valence-electron chi connectivity index (χ4n) is 2.14. The maximum atomic E-state index is 13.5. The lowest BCUT2D eigenvalue weighted by Crippen LogP contribution is -2.36. The number of phenols is 1. The number of benzene rings is 1. The molecule has 1 amide bonds. The van der Waals surface area contributed by atoms with Gasteiger partial charge in [0.05, 0.1) is 5.56 Å². The summed E-state index contributed by atoms with van der Waals surface area (Å²) >= 11 is 0. The average Bonchev–Trinajstić information content (AvgIpc) is 3.18. The van der Waals surface area contributed by atoms with Crippen LogP contribution in [0.2, 0.25) is 0 Å². The third-order valence-electron chi connectivity index (χ3n) is 3.35. The molecule has 0 heterocycles. The van der Waals surface area contributed by atoms with E-state index in [0.29, 0.717) is 12.6 Å². The Balaban J connectivity index is 1.83. The molecule has 0 aromatic heterocycles. The quantitative estimate of drug-likeness (QED) is 0.824. The van der Waals surface area contributed by atoms with E-state index >= 15 is 0 Å². The van der Waals surface area contributed by atoms with Crippen molar-refractivity contribution >= 4 is 5.91 Å². The molecular formula is C14H19FN2O2. The van der Waals surface area contributed by atoms with Crippen molar-refractivity contribution in [2.24, 2.45) is 0 Å². The highest BCUT2D eigenvalue weighted by Gasteiger charge is 2.27. The lowest BCUT2D eigenvalue weighted by Gasteiger charge is -2.19. The van der Waals surface area contributed by atoms with Gasteiger partial charge in [0.1, 0.15) is 11.6 Å². The molecule has 2 N–H and O–H groups in total. The maximum absolute atomic E-state index is 13.5. The highest BCUT2D eigenvalue weighted by molar-refractivity contribution is 5.94. The highest BCUT2D eigenvalue weighted by atomic mass is 19.1. The molecule has 1 aliphatic carbocycles. The number of carbonyl (C=O) groups excluding carboxylic acids is 1. The molecule has 1 aromatic carbocycles. The van der Waals surface area contributed by atoms with E-state index in [0.717, 1.165) is 19.2 Å². The van der Waals surface area contributed by atoms with Gasteiger partial charge in [0, 0.05) is 25.2 Å². The maximum Gasteiger partial charge on any atom is 0.254 e. The van der Waals surface area contributed by atoms with Crippen LogP contribution in [0.4, 0.5) is 4.39 Å². The van der Waals surface area contributed by atoms with Crippen LogP contribution in [0.25, 0.3) is 0 Å². The summed E-state index contributed by atoms with van der Waals surface area (Å²) in [5.41, 5.74) is -0.0349. The first-order valence-electron chi connectivity index (χ1n) is 6.62. The number of hydrogen-bond donors (Lipinski definition) is 2. The predicted octanol–water partition coefficient (Wildman–Crippen LogP) is 1.75. The molecule has 1 fully saturated rings. The van der Waals surface area contributed by atoms with Crippen molar-refractivity contribution < 1.29 is 14.3 Å². The molecule has 2 rings (SSSR count). The number of hydrogen-bond acceptors (Lipinski definition) is 3. The van der Waals surface area contributed by atoms with E-state index < -0.39 is 11.7 Å². The zero-order chi connectivity index (χ0) is 13.8. The molecule has 0 saturated heterocycles. The number of phenolic OH excluding ortho intramolecular Hbond substituents is 1. The molecule has 19 heavy (non-hydrogen) atoms. The van der Waals surface area contributed by atoms with Gasteiger partial charge in [-0.25, -0.2) is 4.39 Å². The van der Waals surface area contributed by atoms with Gasteiger partial charge in [-0.1, -0.05) is 6.92 Å². The van der Waals surface area contributed by atoms with Gasteiger partial charge in [0.2, 0.25) is 0 Å². The van der Waals surface area contributed by atoms with Crippen LogP contribution in [0, 0.1) is 5.82 Å². The fourth-order valence-corrected chi connectivity index (χ4v) is 2.14. The normalized spacial score (nSPS) is 14.7. The molecule has 0 bridgehead atoms. The molecule has 1 aliphatic rings. The van der Waals surface area contributed by atoms with Crippen LogP contribution >= 0.6 is 0 Å². The van der Waals surface area contributed by atoms with Gasteiger partial charge in [-0.3, -0.25) is 9.69 Å². The molecule has 5 heteroatoms. The smallest absolute Gasteiger partial charge is 0.254 e. The molecule has 0 atom stereocenters. The Kier molecular flexibility index (Phi) is 4.37. The van der Waals surface area contributed by atoms with Crippen LogP contribution in [0.15, 0.2) is 18.2 Å². The summed E-state index contributed by atoms with van der Waals surface area (Å²) in [5.74, 6) is -1.32. The van der Waals surface area contributed by atoms with Crippen molar-refractivity contribution in [3.63, 3.8) is 0 Å². The molecule has 0 unspecified atom stereocenters. The van der Waals surface area contributed by atoms with E-state index in [2.05, 4.69) is 17.1 Å². The van der Waals surface area contributed by atoms with Crippen LogP contribution in [0.5, 0.6) is 5.75 Å². The first-order chi connectivity index (χ1) is 9.11. The topological polar surface area (TPSA) is 52.6 Å². The molecule has 0 aliphatic heterocycles. The standard InChI is InChI=1S/C14H19FN2O2/c1-2-17(10-3-4-10)8-7-16-14(19)12-6-5-11(18)9-13(12)15/h5-6,9-10,18H,2-4,7-8H2,1H3,(H,16,19). The Bertz CT molecular complexity index is 461. The molecular weight excluding hydrogens is 247 g/mol. The van der Waals surface area contributed by atoms with Gasteiger partial charge in [-0.05, 0) is 31.5 Å². The number of likely N-dealkylation sites (N-methyl/N-ethyl adjacent to an activating group) is 1. The Morgan fingerprint density at radius 2 is 2.26 bits per heavy atom. The lowest BCUT2D eigenvalue weighted by atomic mass is 10.2. The van der Waals surface area contributed by atoms with Crippen molar-refractivity contribution in [3.05, 3.63) is 29.6 Å². The highest BCUT2D eigenvalue weighted by Crippen LogP contribution is 2.25. The van der Waals surface area contributed by atoms with Crippen molar-refractivity contribution in [3.8, 4) is 5.75 Å². The fraction of sp³-hybridized carbons (Fsp3) is 0.500. The number of aromatic hydroxyl groups is 1. The van der Waals surface area contributed by atoms with Gasteiger partial charge >= 0.3 is 0 Å². The second-order valence-electron chi connectivity index (χ2n) is 4.78. The molecule has 1 saturated carbocycles. The molecule has 1 aromatic rings. The summed E-state index contributed by atoms with van der Waals surface area (Å²) in [6.07, 6.45) is 2.46. The molecule has 4 nitrogen and oxygen atoms in total. The number of nitrogens with zero attached hydrogens (tertiary/aromatic N) is 1. The number of carbonyl (C=O) groups is 1. The van der Waals surface area contributed by atoms with Gasteiger partial charge in [0.25, 0.3) is 5.91 Å². The van der Waals surface area contributed by atoms with E-state index in [4.69, 9.17) is 5.11 Å².